The molecule has 3 aromatic heterocycles. The zero-order chi connectivity index (χ0) is 26.1. The van der Waals surface area contributed by atoms with Crippen molar-refractivity contribution in [1.29, 1.82) is 0 Å². The molecular formula is C27H25N5O5. The monoisotopic (exact) mass is 499 g/mol. The van der Waals surface area contributed by atoms with Gasteiger partial charge in [0.05, 0.1) is 20.3 Å². The lowest BCUT2D eigenvalue weighted by Gasteiger charge is -2.10. The highest BCUT2D eigenvalue weighted by Gasteiger charge is 2.18. The van der Waals surface area contributed by atoms with E-state index in [1.165, 1.54) is 10.8 Å². The topological polar surface area (TPSA) is 114 Å². The maximum atomic E-state index is 13.3. The third kappa shape index (κ3) is 4.49. The second-order valence-corrected chi connectivity index (χ2v) is 8.37. The summed E-state index contributed by atoms with van der Waals surface area (Å²) in [6, 6.07) is 14.6. The van der Waals surface area contributed by atoms with Crippen LogP contribution in [0.2, 0.25) is 0 Å². The van der Waals surface area contributed by atoms with E-state index >= 15 is 0 Å². The Morgan fingerprint density at radius 1 is 0.946 bits per heavy atom. The van der Waals surface area contributed by atoms with E-state index in [0.717, 1.165) is 21.4 Å². The van der Waals surface area contributed by atoms with E-state index in [9.17, 15) is 9.59 Å². The number of aryl methyl sites for hydroxylation is 2. The molecule has 10 nitrogen and oxygen atoms in total. The first kappa shape index (κ1) is 24.0. The fraction of sp³-hybridized carbons (Fsp3) is 0.222. The minimum absolute atomic E-state index is 0.0476. The second kappa shape index (κ2) is 9.73. The first-order valence-electron chi connectivity index (χ1n) is 11.7. The van der Waals surface area contributed by atoms with E-state index in [-0.39, 0.29) is 17.6 Å². The minimum Gasteiger partial charge on any atom is -0.497 e. The number of benzene rings is 2. The average molecular weight is 500 g/mol. The number of fused-ring (bicyclic) bond motifs is 1. The first-order valence-corrected chi connectivity index (χ1v) is 11.7. The average Bonchev–Trinajstić information content (AvgIpc) is 3.30. The molecule has 0 unspecified atom stereocenters. The van der Waals surface area contributed by atoms with E-state index in [4.69, 9.17) is 13.9 Å². The largest absolute Gasteiger partial charge is 0.497 e. The van der Waals surface area contributed by atoms with Crippen LogP contribution in [-0.2, 0) is 13.6 Å². The standard InChI is InChI=1S/C27H25N5O5/c1-5-36-20-12-8-18(9-13-20)25-29-22(16(2)37-25)15-32-26(33)21-14-28-23(30-24(21)31(3)27(32)34)17-6-10-19(35-4)11-7-17/h6-14H,5,15H2,1-4H3. The van der Waals surface area contributed by atoms with E-state index < -0.39 is 11.2 Å². The summed E-state index contributed by atoms with van der Waals surface area (Å²) in [5.74, 6) is 2.76. The third-order valence-electron chi connectivity index (χ3n) is 6.04. The van der Waals surface area contributed by atoms with E-state index in [0.29, 0.717) is 35.5 Å². The van der Waals surface area contributed by atoms with Crippen molar-refractivity contribution in [3.8, 4) is 34.3 Å². The summed E-state index contributed by atoms with van der Waals surface area (Å²) in [5, 5.41) is 0.229. The maximum absolute atomic E-state index is 13.3. The predicted octanol–water partition coefficient (Wildman–Crippen LogP) is 3.58. The molecule has 2 aromatic carbocycles. The van der Waals surface area contributed by atoms with Crippen molar-refractivity contribution in [1.82, 2.24) is 24.1 Å². The molecule has 0 amide bonds. The molecule has 0 aliphatic heterocycles. The minimum atomic E-state index is -0.512. The van der Waals surface area contributed by atoms with Crippen molar-refractivity contribution in [3.63, 3.8) is 0 Å². The summed E-state index contributed by atoms with van der Waals surface area (Å²) in [7, 11) is 3.16. The summed E-state index contributed by atoms with van der Waals surface area (Å²) in [4.78, 5) is 39.9. The summed E-state index contributed by atoms with van der Waals surface area (Å²) >= 11 is 0. The van der Waals surface area contributed by atoms with Gasteiger partial charge in [-0.3, -0.25) is 13.9 Å². The van der Waals surface area contributed by atoms with Crippen LogP contribution in [0, 0.1) is 6.92 Å². The number of aromatic nitrogens is 5. The first-order chi connectivity index (χ1) is 17.9. The van der Waals surface area contributed by atoms with E-state index in [1.54, 1.807) is 33.2 Å². The number of oxazole rings is 1. The van der Waals surface area contributed by atoms with Crippen LogP contribution in [0.3, 0.4) is 0 Å². The Bertz CT molecular complexity index is 1700. The molecule has 0 spiro atoms. The maximum Gasteiger partial charge on any atom is 0.332 e. The molecule has 10 heteroatoms. The molecule has 0 aliphatic carbocycles. The van der Waals surface area contributed by atoms with Gasteiger partial charge in [-0.15, -0.1) is 0 Å². The summed E-state index contributed by atoms with van der Waals surface area (Å²) in [6.07, 6.45) is 1.45. The van der Waals surface area contributed by atoms with Gasteiger partial charge < -0.3 is 13.9 Å². The van der Waals surface area contributed by atoms with E-state index in [2.05, 4.69) is 15.0 Å². The summed E-state index contributed by atoms with van der Waals surface area (Å²) in [6.45, 7) is 4.20. The van der Waals surface area contributed by atoms with Gasteiger partial charge in [0, 0.05) is 24.4 Å². The Kier molecular flexibility index (Phi) is 6.31. The SMILES string of the molecule is CCOc1ccc(-c2nc(Cn3c(=O)c4cnc(-c5ccc(OC)cc5)nc4n(C)c3=O)c(C)o2)cc1. The Morgan fingerprint density at radius 3 is 2.30 bits per heavy atom. The number of rotatable bonds is 7. The molecule has 0 saturated heterocycles. The normalized spacial score (nSPS) is 11.1. The molecule has 0 fully saturated rings. The van der Waals surface area contributed by atoms with Crippen molar-refractivity contribution in [2.75, 3.05) is 13.7 Å². The van der Waals surface area contributed by atoms with Gasteiger partial charge in [0.2, 0.25) is 5.89 Å². The second-order valence-electron chi connectivity index (χ2n) is 8.37. The smallest absolute Gasteiger partial charge is 0.332 e. The molecule has 0 N–H and O–H groups in total. The Morgan fingerprint density at radius 2 is 1.62 bits per heavy atom. The van der Waals surface area contributed by atoms with Crippen molar-refractivity contribution in [2.24, 2.45) is 7.05 Å². The predicted molar refractivity (Wildman–Crippen MR) is 138 cm³/mol. The lowest BCUT2D eigenvalue weighted by atomic mass is 10.2. The van der Waals surface area contributed by atoms with Gasteiger partial charge >= 0.3 is 5.69 Å². The molecular weight excluding hydrogens is 474 g/mol. The molecule has 0 saturated carbocycles. The summed E-state index contributed by atoms with van der Waals surface area (Å²) in [5.41, 5.74) is 1.22. The molecule has 0 atom stereocenters. The number of nitrogens with zero attached hydrogens (tertiary/aromatic N) is 5. The van der Waals surface area contributed by atoms with Crippen LogP contribution in [0.25, 0.3) is 33.9 Å². The van der Waals surface area contributed by atoms with Gasteiger partial charge in [-0.2, -0.15) is 0 Å². The highest BCUT2D eigenvalue weighted by Crippen LogP contribution is 2.25. The number of methoxy groups -OCH3 is 1. The van der Waals surface area contributed by atoms with Crippen LogP contribution in [0.1, 0.15) is 18.4 Å². The molecule has 0 aliphatic rings. The molecule has 37 heavy (non-hydrogen) atoms. The fourth-order valence-corrected chi connectivity index (χ4v) is 4.01. The van der Waals surface area contributed by atoms with Crippen LogP contribution in [0.4, 0.5) is 0 Å². The molecule has 0 bridgehead atoms. The van der Waals surface area contributed by atoms with Crippen LogP contribution >= 0.6 is 0 Å². The zero-order valence-electron chi connectivity index (χ0n) is 20.9. The molecule has 3 heterocycles. The molecule has 5 aromatic rings. The third-order valence-corrected chi connectivity index (χ3v) is 6.04. The molecule has 0 radical (unpaired) electrons. The van der Waals surface area contributed by atoms with Crippen LogP contribution in [0.5, 0.6) is 11.5 Å². The van der Waals surface area contributed by atoms with Crippen molar-refractivity contribution in [2.45, 2.75) is 20.4 Å². The van der Waals surface area contributed by atoms with E-state index in [1.807, 2.05) is 43.3 Å². The zero-order valence-corrected chi connectivity index (χ0v) is 20.9. The van der Waals surface area contributed by atoms with Crippen molar-refractivity contribution < 1.29 is 13.9 Å². The Balaban J connectivity index is 1.50. The van der Waals surface area contributed by atoms with Gasteiger partial charge in [0.15, 0.2) is 11.5 Å². The molecule has 5 rings (SSSR count). The Hall–Kier alpha value is -4.73. The lowest BCUT2D eigenvalue weighted by Crippen LogP contribution is -2.40. The quantitative estimate of drug-likeness (QED) is 0.334. The van der Waals surface area contributed by atoms with Gasteiger partial charge in [-0.05, 0) is 62.4 Å². The van der Waals surface area contributed by atoms with Crippen LogP contribution < -0.4 is 20.7 Å². The van der Waals surface area contributed by atoms with Crippen molar-refractivity contribution in [3.05, 3.63) is 87.0 Å². The van der Waals surface area contributed by atoms with Gasteiger partial charge in [0.1, 0.15) is 28.3 Å². The fourth-order valence-electron chi connectivity index (χ4n) is 4.01. The summed E-state index contributed by atoms with van der Waals surface area (Å²) < 4.78 is 19.0. The highest BCUT2D eigenvalue weighted by molar-refractivity contribution is 5.75. The van der Waals surface area contributed by atoms with Crippen LogP contribution in [0.15, 0.2) is 68.7 Å². The number of hydrogen-bond donors (Lipinski definition) is 0. The van der Waals surface area contributed by atoms with Crippen molar-refractivity contribution >= 4 is 11.0 Å². The Labute approximate surface area is 211 Å². The molecule has 188 valence electrons. The lowest BCUT2D eigenvalue weighted by molar-refractivity contribution is 0.340. The van der Waals surface area contributed by atoms with Crippen LogP contribution in [-0.4, -0.2) is 37.8 Å². The number of hydrogen-bond acceptors (Lipinski definition) is 8. The highest BCUT2D eigenvalue weighted by atomic mass is 16.5. The van der Waals surface area contributed by atoms with Gasteiger partial charge in [-0.1, -0.05) is 0 Å². The van der Waals surface area contributed by atoms with Gasteiger partial charge in [0.25, 0.3) is 5.56 Å². The van der Waals surface area contributed by atoms with Gasteiger partial charge in [-0.25, -0.2) is 19.7 Å². The number of ether oxygens (including phenoxy) is 2.